The van der Waals surface area contributed by atoms with Gasteiger partial charge in [-0.05, 0) is 59.0 Å². The van der Waals surface area contributed by atoms with E-state index in [4.69, 9.17) is 23.7 Å². The molecule has 2 heterocycles. The Morgan fingerprint density at radius 1 is 0.902 bits per heavy atom. The van der Waals surface area contributed by atoms with Crippen LogP contribution in [0.5, 0.6) is 11.5 Å². The van der Waals surface area contributed by atoms with Gasteiger partial charge in [0.2, 0.25) is 11.8 Å². The first-order chi connectivity index (χ1) is 24.8. The van der Waals surface area contributed by atoms with Gasteiger partial charge < -0.3 is 33.9 Å². The van der Waals surface area contributed by atoms with E-state index >= 15 is 0 Å². The third-order valence-electron chi connectivity index (χ3n) is 9.87. The van der Waals surface area contributed by atoms with Crippen LogP contribution in [0.15, 0.2) is 103 Å². The summed E-state index contributed by atoms with van der Waals surface area (Å²) >= 11 is 0. The van der Waals surface area contributed by atoms with Crippen LogP contribution in [0, 0.1) is 11.3 Å². The highest BCUT2D eigenvalue weighted by Crippen LogP contribution is 2.51. The van der Waals surface area contributed by atoms with E-state index in [0.29, 0.717) is 23.8 Å². The Labute approximate surface area is 298 Å². The molecule has 10 nitrogen and oxygen atoms in total. The summed E-state index contributed by atoms with van der Waals surface area (Å²) in [7, 11) is 4.45. The van der Waals surface area contributed by atoms with Gasteiger partial charge in [-0.25, -0.2) is 0 Å². The molecular weight excluding hydrogens is 648 g/mol. The van der Waals surface area contributed by atoms with Gasteiger partial charge in [-0.15, -0.1) is 0 Å². The molecule has 10 heteroatoms. The van der Waals surface area contributed by atoms with Crippen LogP contribution in [-0.2, 0) is 48.3 Å². The Morgan fingerprint density at radius 3 is 2.41 bits per heavy atom. The molecule has 0 bridgehead atoms. The molecule has 51 heavy (non-hydrogen) atoms. The van der Waals surface area contributed by atoms with Gasteiger partial charge in [-0.1, -0.05) is 78.9 Å². The molecule has 4 atom stereocenters. The Balaban J connectivity index is 1.31. The molecule has 4 aromatic carbocycles. The van der Waals surface area contributed by atoms with Crippen molar-refractivity contribution < 1.29 is 38.1 Å². The van der Waals surface area contributed by atoms with E-state index in [1.165, 1.54) is 7.11 Å². The van der Waals surface area contributed by atoms with E-state index in [1.807, 2.05) is 91.9 Å². The smallest absolute Gasteiger partial charge is 0.320 e. The van der Waals surface area contributed by atoms with Crippen LogP contribution >= 0.6 is 0 Å². The summed E-state index contributed by atoms with van der Waals surface area (Å²) in [4.78, 5) is 43.7. The average molecular weight is 693 g/mol. The zero-order chi connectivity index (χ0) is 36.0. The summed E-state index contributed by atoms with van der Waals surface area (Å²) < 4.78 is 28.7. The van der Waals surface area contributed by atoms with Gasteiger partial charge >= 0.3 is 5.97 Å². The fourth-order valence-corrected chi connectivity index (χ4v) is 7.27. The summed E-state index contributed by atoms with van der Waals surface area (Å²) in [6.45, 7) is 2.85. The number of fused-ring (bicyclic) bond motifs is 2. The van der Waals surface area contributed by atoms with Gasteiger partial charge in [-0.3, -0.25) is 14.4 Å². The van der Waals surface area contributed by atoms with Crippen molar-refractivity contribution in [3.05, 3.63) is 119 Å². The molecule has 0 radical (unpaired) electrons. The predicted molar refractivity (Wildman–Crippen MR) is 192 cm³/mol. The third kappa shape index (κ3) is 7.48. The van der Waals surface area contributed by atoms with E-state index in [0.717, 1.165) is 27.5 Å². The summed E-state index contributed by atoms with van der Waals surface area (Å²) in [5, 5.41) is 4.97. The Bertz CT molecular complexity index is 1910. The summed E-state index contributed by atoms with van der Waals surface area (Å²) in [6.07, 6.45) is 0.550. The minimum Gasteiger partial charge on any atom is -0.493 e. The van der Waals surface area contributed by atoms with E-state index in [1.54, 1.807) is 31.3 Å². The van der Waals surface area contributed by atoms with Gasteiger partial charge in [0.15, 0.2) is 11.5 Å². The van der Waals surface area contributed by atoms with E-state index < -0.39 is 29.5 Å². The molecule has 2 amide bonds. The molecule has 0 spiro atoms. The highest BCUT2D eigenvalue weighted by atomic mass is 16.6. The average Bonchev–Trinajstić information content (AvgIpc) is 3.16. The lowest BCUT2D eigenvalue weighted by atomic mass is 9.66. The Hall–Kier alpha value is -5.19. The minimum atomic E-state index is -1.34. The second kappa shape index (κ2) is 15.8. The molecule has 4 aromatic rings. The van der Waals surface area contributed by atoms with Crippen LogP contribution in [0.25, 0.3) is 10.8 Å². The van der Waals surface area contributed by atoms with Crippen LogP contribution < -0.4 is 14.8 Å². The first-order valence-electron chi connectivity index (χ1n) is 17.1. The number of nitrogens with one attached hydrogen (secondary N) is 1. The highest BCUT2D eigenvalue weighted by molar-refractivity contribution is 5.93. The van der Waals surface area contributed by atoms with Crippen molar-refractivity contribution >= 4 is 28.6 Å². The van der Waals surface area contributed by atoms with Crippen molar-refractivity contribution in [2.45, 2.75) is 51.7 Å². The predicted octanol–water partition coefficient (Wildman–Crippen LogP) is 5.96. The maximum absolute atomic E-state index is 14.6. The zero-order valence-corrected chi connectivity index (χ0v) is 29.4. The molecule has 2 aliphatic heterocycles. The second-order valence-corrected chi connectivity index (χ2v) is 13.0. The van der Waals surface area contributed by atoms with E-state index in [-0.39, 0.29) is 44.4 Å². The molecule has 1 saturated heterocycles. The van der Waals surface area contributed by atoms with Crippen LogP contribution in [0.2, 0.25) is 0 Å². The largest absolute Gasteiger partial charge is 0.493 e. The number of amides is 2. The summed E-state index contributed by atoms with van der Waals surface area (Å²) in [5.41, 5.74) is 1.92. The van der Waals surface area contributed by atoms with E-state index in [9.17, 15) is 14.4 Å². The van der Waals surface area contributed by atoms with Crippen molar-refractivity contribution in [3.8, 4) is 11.5 Å². The van der Waals surface area contributed by atoms with Crippen molar-refractivity contribution in [3.63, 3.8) is 0 Å². The molecule has 2 aliphatic rings. The zero-order valence-electron chi connectivity index (χ0n) is 29.4. The lowest BCUT2D eigenvalue weighted by Crippen LogP contribution is -2.60. The van der Waals surface area contributed by atoms with Crippen molar-refractivity contribution in [2.75, 3.05) is 27.9 Å². The number of carbonyl (C=O) groups excluding carboxylic acids is 3. The van der Waals surface area contributed by atoms with Gasteiger partial charge in [0, 0.05) is 24.6 Å². The first-order valence-corrected chi connectivity index (χ1v) is 17.1. The molecule has 0 aliphatic carbocycles. The number of hydrogen-bond donors (Lipinski definition) is 1. The number of hydrogen-bond acceptors (Lipinski definition) is 8. The number of benzene rings is 4. The van der Waals surface area contributed by atoms with Crippen molar-refractivity contribution in [1.82, 2.24) is 10.2 Å². The third-order valence-corrected chi connectivity index (χ3v) is 9.87. The molecule has 266 valence electrons. The summed E-state index contributed by atoms with van der Waals surface area (Å²) in [5.74, 6) is -0.775. The number of piperidine rings is 1. The topological polar surface area (TPSA) is 113 Å². The lowest BCUT2D eigenvalue weighted by molar-refractivity contribution is -0.178. The molecule has 6 rings (SSSR count). The number of likely N-dealkylation sites (tertiary alicyclic amines) is 1. The maximum Gasteiger partial charge on any atom is 0.320 e. The van der Waals surface area contributed by atoms with Gasteiger partial charge in [0.1, 0.15) is 11.5 Å². The minimum absolute atomic E-state index is 0.0545. The number of nitrogens with zero attached hydrogens (tertiary/aromatic N) is 1. The number of esters is 1. The summed E-state index contributed by atoms with van der Waals surface area (Å²) in [6, 6.07) is 29.2. The number of methoxy groups -OCH3 is 3. The Morgan fingerprint density at radius 2 is 1.65 bits per heavy atom. The van der Waals surface area contributed by atoms with Gasteiger partial charge in [-0.2, -0.15) is 0 Å². The Kier molecular flexibility index (Phi) is 11.0. The van der Waals surface area contributed by atoms with E-state index in [2.05, 4.69) is 5.32 Å². The number of ether oxygens (including phenoxy) is 5. The standard InChI is InChI=1S/C41H44N2O8/c1-27-41(40(46)49-4)22-32(20-38(44)42-23-29-17-18-35(47-2)36(19-29)48-3)39(45)43(24-31-15-10-14-30-13-8-9-16-34(30)31)37(41)21-33(51-27)26-50-25-28-11-6-5-7-12-28/h5-19,21,27,32-33H,20,22-26H2,1-4H3,(H,42,44)/t27-,32+,33-,41+/m1/s1. The molecule has 0 unspecified atom stereocenters. The lowest BCUT2D eigenvalue weighted by Gasteiger charge is -2.51. The molecule has 0 aromatic heterocycles. The van der Waals surface area contributed by atoms with Crippen molar-refractivity contribution in [1.29, 1.82) is 0 Å². The second-order valence-electron chi connectivity index (χ2n) is 13.0. The quantitative estimate of drug-likeness (QED) is 0.171. The fourth-order valence-electron chi connectivity index (χ4n) is 7.27. The van der Waals surface area contributed by atoms with Gasteiger partial charge in [0.05, 0.1) is 47.2 Å². The maximum atomic E-state index is 14.6. The van der Waals surface area contributed by atoms with Crippen LogP contribution in [-0.4, -0.2) is 62.8 Å². The fraction of sp³-hybridized carbons (Fsp3) is 0.341. The van der Waals surface area contributed by atoms with Crippen LogP contribution in [0.1, 0.15) is 36.5 Å². The molecular formula is C41H44N2O8. The molecule has 1 fully saturated rings. The monoisotopic (exact) mass is 692 g/mol. The molecule has 1 N–H and O–H groups in total. The van der Waals surface area contributed by atoms with Crippen LogP contribution in [0.4, 0.5) is 0 Å². The van der Waals surface area contributed by atoms with Crippen molar-refractivity contribution in [2.24, 2.45) is 11.3 Å². The number of carbonyl (C=O) groups is 3. The first kappa shape index (κ1) is 35.6. The highest BCUT2D eigenvalue weighted by Gasteiger charge is 2.59. The SMILES string of the molecule is COC(=O)[C@]12C[C@H](CC(=O)NCc3ccc(OC)c(OC)c3)C(=O)N(Cc3cccc4ccccc34)C1=C[C@H](COCc1ccccc1)O[C@@H]2C. The number of rotatable bonds is 13. The molecule has 0 saturated carbocycles. The van der Waals surface area contributed by atoms with Gasteiger partial charge in [0.25, 0.3) is 0 Å². The normalized spacial score (nSPS) is 21.4. The van der Waals surface area contributed by atoms with Crippen LogP contribution in [0.3, 0.4) is 0 Å².